The van der Waals surface area contributed by atoms with Crippen LogP contribution in [0.2, 0.25) is 0 Å². The fourth-order valence-corrected chi connectivity index (χ4v) is 11.7. The quantitative estimate of drug-likeness (QED) is 0.0393. The van der Waals surface area contributed by atoms with Crippen LogP contribution in [0.4, 0.5) is 4.79 Å². The average Bonchev–Trinajstić information content (AvgIpc) is 3.93. The third kappa shape index (κ3) is 23.7. The molecule has 478 valence electrons. The predicted molar refractivity (Wildman–Crippen MR) is 330 cm³/mol. The number of hydrogen-bond donors (Lipinski definition) is 5. The van der Waals surface area contributed by atoms with Crippen molar-refractivity contribution in [3.63, 3.8) is 0 Å². The molecule has 0 radical (unpaired) electrons. The van der Waals surface area contributed by atoms with Crippen LogP contribution in [-0.4, -0.2) is 150 Å². The molecule has 2 aromatic rings. The first-order chi connectivity index (χ1) is 40.4. The molecular formula is C66H107N7O12. The number of likely N-dealkylation sites (N-methyl/N-ethyl adjacent to an activating group) is 2. The Morgan fingerprint density at radius 2 is 1.29 bits per heavy atom. The third-order valence-corrected chi connectivity index (χ3v) is 17.0. The number of ketones is 1. The number of rotatable bonds is 40. The minimum atomic E-state index is -1.05. The molecule has 0 aliphatic carbocycles. The largest absolute Gasteiger partial charge is 0.445 e. The number of methoxy groups -OCH3 is 2. The smallest absolute Gasteiger partial charge is 0.410 e. The van der Waals surface area contributed by atoms with Gasteiger partial charge in [-0.05, 0) is 60.6 Å². The molecule has 0 aromatic heterocycles. The molecule has 0 spiro atoms. The molecule has 3 rings (SSSR count). The van der Waals surface area contributed by atoms with Crippen molar-refractivity contribution in [2.45, 2.75) is 239 Å². The molecule has 0 saturated carbocycles. The number of nitrogens with zero attached hydrogens (tertiary/aromatic N) is 3. The number of likely N-dealkylation sites (tertiary alicyclic amines) is 1. The number of nitrogens with two attached hydrogens (primary N) is 1. The van der Waals surface area contributed by atoms with E-state index in [1.165, 1.54) is 71.1 Å². The Labute approximate surface area is 508 Å². The van der Waals surface area contributed by atoms with Gasteiger partial charge in [-0.1, -0.05) is 181 Å². The molecule has 7 amide bonds. The Balaban J connectivity index is 1.62. The van der Waals surface area contributed by atoms with E-state index in [2.05, 4.69) is 22.9 Å². The maximum atomic E-state index is 14.7. The molecule has 11 atom stereocenters. The zero-order valence-electron chi connectivity index (χ0n) is 53.7. The second-order valence-electron chi connectivity index (χ2n) is 24.4. The number of aliphatic hydroxyl groups is 1. The maximum Gasteiger partial charge on any atom is 0.410 e. The van der Waals surface area contributed by atoms with Crippen LogP contribution in [0, 0.1) is 23.7 Å². The molecule has 1 heterocycles. The minimum Gasteiger partial charge on any atom is -0.445 e. The van der Waals surface area contributed by atoms with Gasteiger partial charge in [0.05, 0.1) is 61.2 Å². The summed E-state index contributed by atoms with van der Waals surface area (Å²) in [6.45, 7) is 17.2. The van der Waals surface area contributed by atoms with Crippen LogP contribution >= 0.6 is 0 Å². The SMILES string of the molecule is CCCCCCCCCCCCCC(=O)N[C@H](CC(N)=O)C(=O)Cc1ccc(COC(=O)N(C)[C@H](C(=O)N[C@H](C(=O)N(C)[C@@H]([C@@H](C)CC)[C@@H](CC(=O)N2CCC[C@H]2[C@H](OC)[C@@H](C)C(=O)N[C@H](C)[C@@H](O)c2ccccc2)OC)C(C)C)C(C)C)cc1. The zero-order chi connectivity index (χ0) is 63.3. The van der Waals surface area contributed by atoms with E-state index in [9.17, 15) is 43.5 Å². The number of carbonyl (C=O) groups excluding carboxylic acids is 8. The van der Waals surface area contributed by atoms with Gasteiger partial charge in [0, 0.05) is 47.7 Å². The number of nitrogens with one attached hydrogen (secondary N) is 3. The Hall–Kier alpha value is -5.92. The highest BCUT2D eigenvalue weighted by atomic mass is 16.6. The van der Waals surface area contributed by atoms with Crippen molar-refractivity contribution in [3.05, 3.63) is 71.3 Å². The van der Waals surface area contributed by atoms with Crippen LogP contribution in [-0.2, 0) is 60.8 Å². The molecule has 1 aliphatic rings. The van der Waals surface area contributed by atoms with Gasteiger partial charge in [0.25, 0.3) is 0 Å². The highest BCUT2D eigenvalue weighted by molar-refractivity contribution is 5.94. The van der Waals surface area contributed by atoms with Crippen LogP contribution in [0.3, 0.4) is 0 Å². The summed E-state index contributed by atoms with van der Waals surface area (Å²) in [6.07, 6.45) is 11.3. The number of benzene rings is 2. The Morgan fingerprint density at radius 1 is 0.706 bits per heavy atom. The van der Waals surface area contributed by atoms with Gasteiger partial charge in [-0.25, -0.2) is 4.79 Å². The summed E-state index contributed by atoms with van der Waals surface area (Å²) in [7, 11) is 6.16. The van der Waals surface area contributed by atoms with E-state index in [-0.39, 0.29) is 67.6 Å². The van der Waals surface area contributed by atoms with Crippen LogP contribution in [0.25, 0.3) is 0 Å². The van der Waals surface area contributed by atoms with E-state index in [4.69, 9.17) is 19.9 Å². The molecule has 6 N–H and O–H groups in total. The van der Waals surface area contributed by atoms with Gasteiger partial charge < -0.3 is 50.8 Å². The van der Waals surface area contributed by atoms with Crippen LogP contribution in [0.1, 0.15) is 194 Å². The molecule has 1 fully saturated rings. The number of Topliss-reactive ketones (excluding diaryl/α,β-unsaturated/α-hetero) is 1. The molecular weight excluding hydrogens is 1080 g/mol. The number of ether oxygens (including phenoxy) is 3. The van der Waals surface area contributed by atoms with Crippen molar-refractivity contribution in [1.29, 1.82) is 0 Å². The lowest BCUT2D eigenvalue weighted by Crippen LogP contribution is -2.60. The number of hydrogen-bond acceptors (Lipinski definition) is 12. The summed E-state index contributed by atoms with van der Waals surface area (Å²) in [5.41, 5.74) is 7.39. The van der Waals surface area contributed by atoms with Crippen molar-refractivity contribution >= 4 is 47.3 Å². The van der Waals surface area contributed by atoms with E-state index in [1.807, 2.05) is 45.9 Å². The van der Waals surface area contributed by atoms with Crippen LogP contribution in [0.5, 0.6) is 0 Å². The predicted octanol–water partition coefficient (Wildman–Crippen LogP) is 8.75. The molecule has 1 aliphatic heterocycles. The molecule has 2 aromatic carbocycles. The highest BCUT2D eigenvalue weighted by Crippen LogP contribution is 2.30. The first-order valence-electron chi connectivity index (χ1n) is 31.5. The van der Waals surface area contributed by atoms with Crippen molar-refractivity contribution in [3.8, 4) is 0 Å². The summed E-state index contributed by atoms with van der Waals surface area (Å²) < 4.78 is 17.7. The lowest BCUT2D eigenvalue weighted by atomic mass is 9.89. The number of unbranched alkanes of at least 4 members (excludes halogenated alkanes) is 10. The van der Waals surface area contributed by atoms with E-state index in [0.717, 1.165) is 19.3 Å². The van der Waals surface area contributed by atoms with Crippen molar-refractivity contribution in [1.82, 2.24) is 30.7 Å². The monoisotopic (exact) mass is 1190 g/mol. The summed E-state index contributed by atoms with van der Waals surface area (Å²) in [5.74, 6) is -4.43. The second kappa shape index (κ2) is 38.3. The van der Waals surface area contributed by atoms with Crippen molar-refractivity contribution in [2.24, 2.45) is 29.4 Å². The Kier molecular flexibility index (Phi) is 33.0. The van der Waals surface area contributed by atoms with Crippen molar-refractivity contribution in [2.75, 3.05) is 34.9 Å². The van der Waals surface area contributed by atoms with E-state index in [0.29, 0.717) is 48.9 Å². The topological polar surface area (TPSA) is 256 Å². The first-order valence-corrected chi connectivity index (χ1v) is 31.5. The van der Waals surface area contributed by atoms with Gasteiger partial charge in [0.1, 0.15) is 18.7 Å². The minimum absolute atomic E-state index is 0.0619. The normalized spacial score (nSPS) is 16.9. The number of primary amides is 1. The first kappa shape index (κ1) is 73.3. The van der Waals surface area contributed by atoms with Gasteiger partial charge in [-0.15, -0.1) is 0 Å². The fourth-order valence-electron chi connectivity index (χ4n) is 11.7. The summed E-state index contributed by atoms with van der Waals surface area (Å²) in [5, 5.41) is 19.6. The van der Waals surface area contributed by atoms with Crippen molar-refractivity contribution < 1.29 is 57.7 Å². The van der Waals surface area contributed by atoms with E-state index in [1.54, 1.807) is 80.9 Å². The van der Waals surface area contributed by atoms with Gasteiger partial charge >= 0.3 is 6.09 Å². The fraction of sp³-hybridized carbons (Fsp3) is 0.697. The van der Waals surface area contributed by atoms with Gasteiger partial charge in [-0.3, -0.25) is 38.5 Å². The van der Waals surface area contributed by atoms with Gasteiger partial charge in [0.2, 0.25) is 35.4 Å². The lowest BCUT2D eigenvalue weighted by Gasteiger charge is -2.41. The lowest BCUT2D eigenvalue weighted by molar-refractivity contribution is -0.148. The number of carbonyl (C=O) groups is 8. The maximum absolute atomic E-state index is 14.7. The van der Waals surface area contributed by atoms with Gasteiger partial charge in [-0.2, -0.15) is 0 Å². The standard InChI is InChI=1S/C66H107N7O12/c1-14-16-17-18-19-20-21-22-23-24-28-33-56(76)69-51(40-55(67)75)53(74)39-48-34-36-49(37-35-48)42-85-66(82)72(11)59(44(5)6)64(80)70-58(43(3)4)65(81)71(10)60(45(7)15-2)54(83-12)41-57(77)73-38-29-32-52(73)62(84-13)46(8)63(79)68-47(9)61(78)50-30-26-25-27-31-50/h25-27,30-31,34-37,43-47,51-52,54,58-62,78H,14-24,28-29,32-33,38-42H2,1-13H3,(H2,67,75)(H,68,79)(H,69,76)(H,70,80)/t45-,46+,47+,51+,52-,54+,58-,59-,60-,61+,62+/m0/s1. The van der Waals surface area contributed by atoms with Crippen LogP contribution in [0.15, 0.2) is 54.6 Å². The summed E-state index contributed by atoms with van der Waals surface area (Å²) in [6, 6.07) is 11.2. The third-order valence-electron chi connectivity index (χ3n) is 17.0. The van der Waals surface area contributed by atoms with Gasteiger partial charge in [0.15, 0.2) is 5.78 Å². The summed E-state index contributed by atoms with van der Waals surface area (Å²) >= 11 is 0. The Bertz CT molecular complexity index is 2370. The molecule has 19 heteroatoms. The summed E-state index contributed by atoms with van der Waals surface area (Å²) in [4.78, 5) is 114. The molecule has 1 saturated heterocycles. The molecule has 0 unspecified atom stereocenters. The molecule has 85 heavy (non-hydrogen) atoms. The average molecular weight is 1190 g/mol. The number of amides is 7. The molecule has 0 bridgehead atoms. The Morgan fingerprint density at radius 3 is 1.84 bits per heavy atom. The second-order valence-corrected chi connectivity index (χ2v) is 24.4. The zero-order valence-corrected chi connectivity index (χ0v) is 53.7. The molecule has 19 nitrogen and oxygen atoms in total. The number of aliphatic hydroxyl groups excluding tert-OH is 1. The van der Waals surface area contributed by atoms with E-state index >= 15 is 0 Å². The highest BCUT2D eigenvalue weighted by Gasteiger charge is 2.44. The van der Waals surface area contributed by atoms with Crippen LogP contribution < -0.4 is 21.7 Å². The van der Waals surface area contributed by atoms with E-state index < -0.39 is 90.2 Å².